The third-order valence-electron chi connectivity index (χ3n) is 2.98. The highest BCUT2D eigenvalue weighted by Gasteiger charge is 2.12. The lowest BCUT2D eigenvalue weighted by Crippen LogP contribution is -2.12. The number of carbonyl (C=O) groups is 1. The number of nitrogens with zero attached hydrogens (tertiary/aromatic N) is 1. The van der Waals surface area contributed by atoms with E-state index in [0.717, 1.165) is 15.8 Å². The molecule has 0 aliphatic carbocycles. The Kier molecular flexibility index (Phi) is 3.42. The Balaban J connectivity index is 1.92. The molecule has 0 fully saturated rings. The van der Waals surface area contributed by atoms with Crippen LogP contribution < -0.4 is 5.32 Å². The topological polar surface area (TPSA) is 42.0 Å². The standard InChI is InChI=1S/C15H11ClN2OS/c1-9-5-2-3-6-10(9)14(19)18-15-17-13-11(16)7-4-8-12(13)20-15/h2-8H,1H3,(H,17,18,19). The first kappa shape index (κ1) is 13.1. The first-order chi connectivity index (χ1) is 9.65. The molecule has 1 N–H and O–H groups in total. The van der Waals surface area contributed by atoms with Crippen LogP contribution in [0.25, 0.3) is 10.2 Å². The summed E-state index contributed by atoms with van der Waals surface area (Å²) in [5, 5.41) is 3.98. The van der Waals surface area contributed by atoms with E-state index in [9.17, 15) is 4.79 Å². The van der Waals surface area contributed by atoms with Crippen LogP contribution in [0.4, 0.5) is 5.13 Å². The summed E-state index contributed by atoms with van der Waals surface area (Å²) in [6.45, 7) is 1.91. The van der Waals surface area contributed by atoms with Crippen molar-refractivity contribution in [3.8, 4) is 0 Å². The van der Waals surface area contributed by atoms with Crippen molar-refractivity contribution in [3.05, 3.63) is 58.6 Å². The summed E-state index contributed by atoms with van der Waals surface area (Å²) < 4.78 is 0.956. The normalized spacial score (nSPS) is 10.7. The zero-order valence-electron chi connectivity index (χ0n) is 10.7. The van der Waals surface area contributed by atoms with E-state index in [-0.39, 0.29) is 5.91 Å². The molecule has 5 heteroatoms. The first-order valence-electron chi connectivity index (χ1n) is 6.07. The molecule has 2 aromatic carbocycles. The number of carbonyl (C=O) groups excluding carboxylic acids is 1. The minimum Gasteiger partial charge on any atom is -0.298 e. The van der Waals surface area contributed by atoms with Crippen LogP contribution in [0.1, 0.15) is 15.9 Å². The number of halogens is 1. The highest BCUT2D eigenvalue weighted by atomic mass is 35.5. The highest BCUT2D eigenvalue weighted by Crippen LogP contribution is 2.30. The number of benzene rings is 2. The number of nitrogens with one attached hydrogen (secondary N) is 1. The Hall–Kier alpha value is -1.91. The van der Waals surface area contributed by atoms with Gasteiger partial charge in [0.2, 0.25) is 0 Å². The number of fused-ring (bicyclic) bond motifs is 1. The van der Waals surface area contributed by atoms with Crippen LogP contribution in [0.3, 0.4) is 0 Å². The number of thiazole rings is 1. The lowest BCUT2D eigenvalue weighted by Gasteiger charge is -2.04. The van der Waals surface area contributed by atoms with Crippen molar-refractivity contribution in [1.82, 2.24) is 4.98 Å². The van der Waals surface area contributed by atoms with Gasteiger partial charge in [-0.25, -0.2) is 4.98 Å². The number of rotatable bonds is 2. The van der Waals surface area contributed by atoms with Crippen LogP contribution in [0.15, 0.2) is 42.5 Å². The highest BCUT2D eigenvalue weighted by molar-refractivity contribution is 7.22. The molecule has 0 radical (unpaired) electrons. The third-order valence-corrected chi connectivity index (χ3v) is 4.22. The van der Waals surface area contributed by atoms with Gasteiger partial charge in [0, 0.05) is 5.56 Å². The van der Waals surface area contributed by atoms with Crippen molar-refractivity contribution in [2.75, 3.05) is 5.32 Å². The van der Waals surface area contributed by atoms with Gasteiger partial charge in [0.1, 0.15) is 5.52 Å². The van der Waals surface area contributed by atoms with Crippen LogP contribution in [0.2, 0.25) is 5.02 Å². The van der Waals surface area contributed by atoms with E-state index in [0.29, 0.717) is 15.7 Å². The number of aryl methyl sites for hydroxylation is 1. The van der Waals surface area contributed by atoms with Crippen molar-refractivity contribution >= 4 is 44.2 Å². The molecule has 0 bridgehead atoms. The van der Waals surface area contributed by atoms with Crippen LogP contribution in [-0.4, -0.2) is 10.9 Å². The van der Waals surface area contributed by atoms with Crippen molar-refractivity contribution < 1.29 is 4.79 Å². The van der Waals surface area contributed by atoms with Crippen LogP contribution in [-0.2, 0) is 0 Å². The maximum absolute atomic E-state index is 12.2. The zero-order valence-corrected chi connectivity index (χ0v) is 12.3. The van der Waals surface area contributed by atoms with Gasteiger partial charge in [-0.15, -0.1) is 0 Å². The molecule has 20 heavy (non-hydrogen) atoms. The van der Waals surface area contributed by atoms with Crippen molar-refractivity contribution in [3.63, 3.8) is 0 Å². The number of aromatic nitrogens is 1. The van der Waals surface area contributed by atoms with Gasteiger partial charge in [0.05, 0.1) is 9.72 Å². The minimum atomic E-state index is -0.154. The molecule has 0 saturated carbocycles. The lowest BCUT2D eigenvalue weighted by molar-refractivity contribution is 0.102. The molecule has 0 atom stereocenters. The Labute approximate surface area is 125 Å². The summed E-state index contributed by atoms with van der Waals surface area (Å²) >= 11 is 7.49. The average molecular weight is 303 g/mol. The van der Waals surface area contributed by atoms with E-state index in [4.69, 9.17) is 11.6 Å². The second-order valence-corrected chi connectivity index (χ2v) is 5.81. The molecule has 100 valence electrons. The molecular weight excluding hydrogens is 292 g/mol. The molecule has 0 aliphatic heterocycles. The molecule has 0 aliphatic rings. The van der Waals surface area contributed by atoms with Crippen molar-refractivity contribution in [2.24, 2.45) is 0 Å². The summed E-state index contributed by atoms with van der Waals surface area (Å²) in [4.78, 5) is 16.6. The lowest BCUT2D eigenvalue weighted by atomic mass is 10.1. The molecule has 0 spiro atoms. The van der Waals surface area contributed by atoms with Crippen molar-refractivity contribution in [1.29, 1.82) is 0 Å². The van der Waals surface area contributed by atoms with Gasteiger partial charge in [0.15, 0.2) is 5.13 Å². The number of para-hydroxylation sites is 1. The minimum absolute atomic E-state index is 0.154. The van der Waals surface area contributed by atoms with Crippen LogP contribution >= 0.6 is 22.9 Å². The van der Waals surface area contributed by atoms with E-state index in [1.807, 2.05) is 37.3 Å². The number of hydrogen-bond acceptors (Lipinski definition) is 3. The molecule has 3 rings (SSSR count). The predicted octanol–water partition coefficient (Wildman–Crippen LogP) is 4.51. The second-order valence-electron chi connectivity index (χ2n) is 4.37. The largest absolute Gasteiger partial charge is 0.298 e. The Bertz CT molecular complexity index is 797. The molecule has 3 nitrogen and oxygen atoms in total. The molecule has 0 saturated heterocycles. The maximum Gasteiger partial charge on any atom is 0.257 e. The van der Waals surface area contributed by atoms with Crippen LogP contribution in [0, 0.1) is 6.92 Å². The van der Waals surface area contributed by atoms with Gasteiger partial charge >= 0.3 is 0 Å². The van der Waals surface area contributed by atoms with Gasteiger partial charge in [0.25, 0.3) is 5.91 Å². The molecular formula is C15H11ClN2OS. The smallest absolute Gasteiger partial charge is 0.257 e. The molecule has 3 aromatic rings. The number of amides is 1. The molecule has 0 unspecified atom stereocenters. The predicted molar refractivity (Wildman–Crippen MR) is 83.8 cm³/mol. The first-order valence-corrected chi connectivity index (χ1v) is 7.26. The quantitative estimate of drug-likeness (QED) is 0.756. The van der Waals surface area contributed by atoms with Gasteiger partial charge < -0.3 is 0 Å². The van der Waals surface area contributed by atoms with E-state index < -0.39 is 0 Å². The van der Waals surface area contributed by atoms with Gasteiger partial charge in [-0.2, -0.15) is 0 Å². The fourth-order valence-electron chi connectivity index (χ4n) is 1.96. The molecule has 1 aromatic heterocycles. The second kappa shape index (κ2) is 5.23. The molecule has 1 heterocycles. The fourth-order valence-corrected chi connectivity index (χ4v) is 3.12. The summed E-state index contributed by atoms with van der Waals surface area (Å²) in [5.41, 5.74) is 2.31. The van der Waals surface area contributed by atoms with E-state index in [1.165, 1.54) is 11.3 Å². The van der Waals surface area contributed by atoms with E-state index in [2.05, 4.69) is 10.3 Å². The number of hydrogen-bond donors (Lipinski definition) is 1. The Morgan fingerprint density at radius 3 is 2.75 bits per heavy atom. The van der Waals surface area contributed by atoms with Gasteiger partial charge in [-0.05, 0) is 30.7 Å². The SMILES string of the molecule is Cc1ccccc1C(=O)Nc1nc2c(Cl)cccc2s1. The monoisotopic (exact) mass is 302 g/mol. The summed E-state index contributed by atoms with van der Waals surface area (Å²) in [7, 11) is 0. The van der Waals surface area contributed by atoms with Crippen LogP contribution in [0.5, 0.6) is 0 Å². The van der Waals surface area contributed by atoms with E-state index >= 15 is 0 Å². The molecule has 1 amide bonds. The summed E-state index contributed by atoms with van der Waals surface area (Å²) in [5.74, 6) is -0.154. The summed E-state index contributed by atoms with van der Waals surface area (Å²) in [6.07, 6.45) is 0. The van der Waals surface area contributed by atoms with Gasteiger partial charge in [-0.1, -0.05) is 47.2 Å². The van der Waals surface area contributed by atoms with Gasteiger partial charge in [-0.3, -0.25) is 10.1 Å². The van der Waals surface area contributed by atoms with E-state index in [1.54, 1.807) is 12.1 Å². The Morgan fingerprint density at radius 1 is 1.20 bits per heavy atom. The fraction of sp³-hybridized carbons (Fsp3) is 0.0667. The summed E-state index contributed by atoms with van der Waals surface area (Å²) in [6, 6.07) is 13.0. The number of anilines is 1. The Morgan fingerprint density at radius 2 is 2.00 bits per heavy atom. The average Bonchev–Trinajstić information content (AvgIpc) is 2.83. The maximum atomic E-state index is 12.2. The zero-order chi connectivity index (χ0) is 14.1. The van der Waals surface area contributed by atoms with Crippen molar-refractivity contribution in [2.45, 2.75) is 6.92 Å². The third kappa shape index (κ3) is 2.40.